The summed E-state index contributed by atoms with van der Waals surface area (Å²) in [6, 6.07) is 7.61. The number of carbonyl (C=O) groups is 1. The fourth-order valence-corrected chi connectivity index (χ4v) is 2.76. The summed E-state index contributed by atoms with van der Waals surface area (Å²) >= 11 is 0. The van der Waals surface area contributed by atoms with Crippen molar-refractivity contribution in [3.05, 3.63) is 42.1 Å². The van der Waals surface area contributed by atoms with Crippen LogP contribution in [0.2, 0.25) is 0 Å². The number of piperazine rings is 1. The second-order valence-corrected chi connectivity index (χ2v) is 5.90. The highest BCUT2D eigenvalue weighted by molar-refractivity contribution is 5.92. The lowest BCUT2D eigenvalue weighted by atomic mass is 10.1. The van der Waals surface area contributed by atoms with Crippen LogP contribution in [-0.2, 0) is 6.61 Å². The molecule has 7 heteroatoms. The Morgan fingerprint density at radius 2 is 2.28 bits per heavy atom. The molecular weight excluding hydrogens is 322 g/mol. The molecular formula is C18H23N3O4. The Kier molecular flexibility index (Phi) is 5.55. The predicted molar refractivity (Wildman–Crippen MR) is 91.8 cm³/mol. The Morgan fingerprint density at radius 1 is 1.44 bits per heavy atom. The summed E-state index contributed by atoms with van der Waals surface area (Å²) in [5.41, 5.74) is 0.320. The minimum atomic E-state index is -0.101. The molecule has 1 aliphatic heterocycles. The molecule has 0 spiro atoms. The molecule has 2 heterocycles. The van der Waals surface area contributed by atoms with Gasteiger partial charge in [0.05, 0.1) is 7.11 Å². The molecule has 1 aliphatic rings. The van der Waals surface area contributed by atoms with Crippen LogP contribution in [0.25, 0.3) is 0 Å². The molecule has 0 saturated carbocycles. The summed E-state index contributed by atoms with van der Waals surface area (Å²) in [7, 11) is 1.60. The lowest BCUT2D eigenvalue weighted by molar-refractivity contribution is 0.0695. The number of aromatic nitrogens is 1. The van der Waals surface area contributed by atoms with E-state index in [2.05, 4.69) is 17.2 Å². The number of nitrogens with zero attached hydrogens (tertiary/aromatic N) is 2. The first-order chi connectivity index (χ1) is 12.2. The van der Waals surface area contributed by atoms with Gasteiger partial charge in [-0.05, 0) is 18.6 Å². The average molecular weight is 345 g/mol. The van der Waals surface area contributed by atoms with Gasteiger partial charge in [0.1, 0.15) is 17.8 Å². The zero-order valence-electron chi connectivity index (χ0n) is 14.5. The number of hydrogen-bond acceptors (Lipinski definition) is 6. The van der Waals surface area contributed by atoms with E-state index < -0.39 is 0 Å². The Morgan fingerprint density at radius 3 is 3.08 bits per heavy atom. The number of amides is 1. The van der Waals surface area contributed by atoms with Crippen molar-refractivity contribution in [1.29, 1.82) is 0 Å². The second-order valence-electron chi connectivity index (χ2n) is 5.90. The van der Waals surface area contributed by atoms with E-state index >= 15 is 0 Å². The van der Waals surface area contributed by atoms with Crippen LogP contribution in [-0.4, -0.2) is 48.6 Å². The van der Waals surface area contributed by atoms with Crippen molar-refractivity contribution in [2.45, 2.75) is 26.0 Å². The fourth-order valence-electron chi connectivity index (χ4n) is 2.76. The quantitative estimate of drug-likeness (QED) is 0.864. The maximum Gasteiger partial charge on any atom is 0.275 e. The van der Waals surface area contributed by atoms with Crippen molar-refractivity contribution in [3.63, 3.8) is 0 Å². The monoisotopic (exact) mass is 345 g/mol. The Labute approximate surface area is 146 Å². The second kappa shape index (κ2) is 8.02. The van der Waals surface area contributed by atoms with E-state index in [0.717, 1.165) is 13.0 Å². The number of ether oxygens (including phenoxy) is 2. The van der Waals surface area contributed by atoms with Crippen molar-refractivity contribution in [1.82, 2.24) is 15.2 Å². The lowest BCUT2D eigenvalue weighted by Crippen LogP contribution is -2.52. The van der Waals surface area contributed by atoms with Crippen LogP contribution in [0, 0.1) is 0 Å². The summed E-state index contributed by atoms with van der Waals surface area (Å²) in [6.07, 6.45) is 2.39. The number of carbonyl (C=O) groups excluding carboxylic acids is 1. The molecule has 1 aromatic carbocycles. The summed E-state index contributed by atoms with van der Waals surface area (Å²) < 4.78 is 16.2. The zero-order valence-corrected chi connectivity index (χ0v) is 14.5. The molecule has 25 heavy (non-hydrogen) atoms. The first-order valence-corrected chi connectivity index (χ1v) is 8.43. The minimum Gasteiger partial charge on any atom is -0.497 e. The number of rotatable bonds is 6. The summed E-state index contributed by atoms with van der Waals surface area (Å²) in [4.78, 5) is 18.6. The first-order valence-electron chi connectivity index (χ1n) is 8.43. The smallest absolute Gasteiger partial charge is 0.275 e. The van der Waals surface area contributed by atoms with Crippen molar-refractivity contribution < 1.29 is 18.7 Å². The highest BCUT2D eigenvalue weighted by Crippen LogP contribution is 2.20. The van der Waals surface area contributed by atoms with E-state index in [-0.39, 0.29) is 12.5 Å². The molecule has 134 valence electrons. The van der Waals surface area contributed by atoms with E-state index in [9.17, 15) is 4.79 Å². The van der Waals surface area contributed by atoms with Crippen LogP contribution >= 0.6 is 0 Å². The zero-order chi connectivity index (χ0) is 17.6. The van der Waals surface area contributed by atoms with Crippen LogP contribution < -0.4 is 14.8 Å². The highest BCUT2D eigenvalue weighted by atomic mass is 16.5. The molecule has 2 aromatic rings. The van der Waals surface area contributed by atoms with Gasteiger partial charge in [-0.3, -0.25) is 4.79 Å². The van der Waals surface area contributed by atoms with E-state index in [1.54, 1.807) is 13.2 Å². The van der Waals surface area contributed by atoms with E-state index in [0.29, 0.717) is 42.2 Å². The lowest BCUT2D eigenvalue weighted by Gasteiger charge is -2.32. The van der Waals surface area contributed by atoms with E-state index in [1.165, 1.54) is 6.26 Å². The van der Waals surface area contributed by atoms with Gasteiger partial charge in [0.2, 0.25) is 5.89 Å². The molecule has 1 atom stereocenters. The third-order valence-corrected chi connectivity index (χ3v) is 4.21. The van der Waals surface area contributed by atoms with Crippen LogP contribution in [0.4, 0.5) is 0 Å². The minimum absolute atomic E-state index is 0.101. The van der Waals surface area contributed by atoms with Gasteiger partial charge >= 0.3 is 0 Å². The number of benzene rings is 1. The van der Waals surface area contributed by atoms with Gasteiger partial charge in [-0.2, -0.15) is 0 Å². The molecule has 1 unspecified atom stereocenters. The molecule has 0 bridgehead atoms. The fraction of sp³-hybridized carbons (Fsp3) is 0.444. The number of oxazole rings is 1. The summed E-state index contributed by atoms with van der Waals surface area (Å²) in [5.74, 6) is 1.63. The van der Waals surface area contributed by atoms with Crippen LogP contribution in [0.15, 0.2) is 34.9 Å². The normalized spacial score (nSPS) is 17.4. The van der Waals surface area contributed by atoms with E-state index in [1.807, 2.05) is 23.1 Å². The third-order valence-electron chi connectivity index (χ3n) is 4.21. The van der Waals surface area contributed by atoms with Crippen molar-refractivity contribution >= 4 is 5.91 Å². The molecule has 1 N–H and O–H groups in total. The molecule has 3 rings (SSSR count). The van der Waals surface area contributed by atoms with Gasteiger partial charge in [0.15, 0.2) is 12.3 Å². The molecule has 0 radical (unpaired) electrons. The standard InChI is InChI=1S/C18H23N3O4/c1-3-13-10-21(8-7-19-13)18(22)16-11-25-17(20-16)12-24-15-6-4-5-14(9-15)23-2/h4-6,9,11,13,19H,3,7-8,10,12H2,1-2H3. The Balaban J connectivity index is 1.59. The van der Waals surface area contributed by atoms with Crippen molar-refractivity contribution in [2.75, 3.05) is 26.7 Å². The van der Waals surface area contributed by atoms with Crippen LogP contribution in [0.5, 0.6) is 11.5 Å². The maximum absolute atomic E-state index is 12.6. The first kappa shape index (κ1) is 17.3. The number of methoxy groups -OCH3 is 1. The Bertz CT molecular complexity index is 716. The van der Waals surface area contributed by atoms with Crippen LogP contribution in [0.3, 0.4) is 0 Å². The largest absolute Gasteiger partial charge is 0.497 e. The molecule has 1 amide bonds. The van der Waals surface area contributed by atoms with Gasteiger partial charge in [0.25, 0.3) is 5.91 Å². The maximum atomic E-state index is 12.6. The van der Waals surface area contributed by atoms with Gasteiger partial charge in [-0.25, -0.2) is 4.98 Å². The van der Waals surface area contributed by atoms with E-state index in [4.69, 9.17) is 13.9 Å². The van der Waals surface area contributed by atoms with Gasteiger partial charge in [-0.1, -0.05) is 13.0 Å². The van der Waals surface area contributed by atoms with Gasteiger partial charge in [-0.15, -0.1) is 0 Å². The molecule has 7 nitrogen and oxygen atoms in total. The number of nitrogens with one attached hydrogen (secondary N) is 1. The SMILES string of the molecule is CCC1CN(C(=O)c2coc(COc3cccc(OC)c3)n2)CCN1. The molecule has 1 saturated heterocycles. The van der Waals surface area contributed by atoms with Crippen molar-refractivity contribution in [3.8, 4) is 11.5 Å². The van der Waals surface area contributed by atoms with Crippen molar-refractivity contribution in [2.24, 2.45) is 0 Å². The molecule has 0 aliphatic carbocycles. The van der Waals surface area contributed by atoms with Gasteiger partial charge < -0.3 is 24.1 Å². The highest BCUT2D eigenvalue weighted by Gasteiger charge is 2.25. The third kappa shape index (κ3) is 4.30. The Hall–Kier alpha value is -2.54. The predicted octanol–water partition coefficient (Wildman–Crippen LogP) is 2.09. The van der Waals surface area contributed by atoms with Gasteiger partial charge in [0, 0.05) is 31.7 Å². The average Bonchev–Trinajstić information content (AvgIpc) is 3.15. The topological polar surface area (TPSA) is 76.8 Å². The molecule has 1 fully saturated rings. The summed E-state index contributed by atoms with van der Waals surface area (Å²) in [5, 5.41) is 3.39. The molecule has 1 aromatic heterocycles. The van der Waals surface area contributed by atoms with Crippen LogP contribution in [0.1, 0.15) is 29.7 Å². The summed E-state index contributed by atoms with van der Waals surface area (Å²) in [6.45, 7) is 4.43. The number of hydrogen-bond donors (Lipinski definition) is 1.